The smallest absolute Gasteiger partial charge is 0.319 e. The van der Waals surface area contributed by atoms with Crippen molar-refractivity contribution >= 4 is 33.4 Å². The standard InChI is InChI=1S/C30H25BrN4O4/c31-24-7-2-1-4-22(24)30-38-17-26(39-30)29-21-6-3-5-20(21)23-14-18(10-12-25(23)34-29)8-9-19-11-13-27(32-15-19)35-33-16-28(36)37/h1-5,7,10-15,17,20-21,29-30,33-34H,6,16H2,(H,32,35)(H,36,37). The molecule has 8 nitrogen and oxygen atoms in total. The third kappa shape index (κ3) is 5.35. The molecule has 0 spiro atoms. The zero-order valence-corrected chi connectivity index (χ0v) is 22.3. The van der Waals surface area contributed by atoms with E-state index in [1.807, 2.05) is 36.4 Å². The molecule has 4 N–H and O–H groups in total. The van der Waals surface area contributed by atoms with Gasteiger partial charge in [0, 0.05) is 44.9 Å². The minimum atomic E-state index is -0.955. The van der Waals surface area contributed by atoms with Gasteiger partial charge in [0.1, 0.15) is 18.6 Å². The van der Waals surface area contributed by atoms with E-state index in [4.69, 9.17) is 14.6 Å². The van der Waals surface area contributed by atoms with Gasteiger partial charge in [-0.15, -0.1) is 0 Å². The van der Waals surface area contributed by atoms with Crippen molar-refractivity contribution in [2.75, 3.05) is 17.3 Å². The molecule has 2 aromatic carbocycles. The monoisotopic (exact) mass is 584 g/mol. The first-order valence-electron chi connectivity index (χ1n) is 12.6. The van der Waals surface area contributed by atoms with Crippen molar-refractivity contribution < 1.29 is 19.4 Å². The zero-order chi connectivity index (χ0) is 26.8. The van der Waals surface area contributed by atoms with Crippen LogP contribution in [0.5, 0.6) is 0 Å². The molecule has 3 aromatic rings. The summed E-state index contributed by atoms with van der Waals surface area (Å²) >= 11 is 3.59. The number of benzene rings is 2. The summed E-state index contributed by atoms with van der Waals surface area (Å²) in [6, 6.07) is 17.8. The van der Waals surface area contributed by atoms with E-state index >= 15 is 0 Å². The number of aromatic nitrogens is 1. The molecule has 0 saturated heterocycles. The molecule has 2 aliphatic heterocycles. The van der Waals surface area contributed by atoms with Crippen LogP contribution < -0.4 is 16.2 Å². The van der Waals surface area contributed by atoms with Crippen LogP contribution in [-0.2, 0) is 14.3 Å². The highest BCUT2D eigenvalue weighted by Gasteiger charge is 2.42. The Bertz CT molecular complexity index is 1530. The SMILES string of the molecule is O=C(O)CNNc1ccc(C#Cc2ccc3c(c2)C2C=CCC2C(C2=COC(c4ccccc4Br)O2)N3)cn1. The Morgan fingerprint density at radius 3 is 2.79 bits per heavy atom. The zero-order valence-electron chi connectivity index (χ0n) is 20.7. The van der Waals surface area contributed by atoms with Crippen LogP contribution in [0.3, 0.4) is 0 Å². The number of carboxylic acid groups (broad SMARTS) is 1. The number of halogens is 1. The number of aliphatic carboxylic acids is 1. The van der Waals surface area contributed by atoms with Gasteiger partial charge in [-0.2, -0.15) is 0 Å². The molecule has 6 rings (SSSR count). The van der Waals surface area contributed by atoms with Gasteiger partial charge in [0.25, 0.3) is 6.29 Å². The van der Waals surface area contributed by atoms with E-state index in [0.717, 1.165) is 39.0 Å². The molecule has 3 heterocycles. The quantitative estimate of drug-likeness (QED) is 0.176. The van der Waals surface area contributed by atoms with Crippen LogP contribution in [0.4, 0.5) is 11.5 Å². The Labute approximate surface area is 234 Å². The maximum Gasteiger partial charge on any atom is 0.319 e. The van der Waals surface area contributed by atoms with Crippen LogP contribution in [-0.4, -0.2) is 28.6 Å². The molecule has 0 amide bonds. The highest BCUT2D eigenvalue weighted by molar-refractivity contribution is 9.10. The normalized spacial score (nSPS) is 22.2. The number of allylic oxidation sites excluding steroid dienone is 2. The number of hydrogen-bond acceptors (Lipinski definition) is 7. The molecular weight excluding hydrogens is 560 g/mol. The maximum absolute atomic E-state index is 10.6. The molecule has 9 heteroatoms. The van der Waals surface area contributed by atoms with E-state index in [-0.39, 0.29) is 18.5 Å². The van der Waals surface area contributed by atoms with E-state index in [1.165, 1.54) is 5.56 Å². The molecule has 4 atom stereocenters. The Hall–Kier alpha value is -4.26. The number of nitrogens with zero attached hydrogens (tertiary/aromatic N) is 1. The lowest BCUT2D eigenvalue weighted by atomic mass is 9.78. The van der Waals surface area contributed by atoms with Gasteiger partial charge in [-0.05, 0) is 48.4 Å². The largest absolute Gasteiger partial charge is 0.480 e. The van der Waals surface area contributed by atoms with Crippen molar-refractivity contribution in [2.45, 2.75) is 24.7 Å². The first-order chi connectivity index (χ1) is 19.0. The highest BCUT2D eigenvalue weighted by Crippen LogP contribution is 2.48. The van der Waals surface area contributed by atoms with Crippen molar-refractivity contribution in [1.82, 2.24) is 10.4 Å². The number of anilines is 2. The lowest BCUT2D eigenvalue weighted by Crippen LogP contribution is -2.37. The number of carbonyl (C=O) groups is 1. The molecule has 0 bridgehead atoms. The van der Waals surface area contributed by atoms with Gasteiger partial charge >= 0.3 is 5.97 Å². The van der Waals surface area contributed by atoms with Gasteiger partial charge in [0.2, 0.25) is 0 Å². The molecule has 0 radical (unpaired) electrons. The van der Waals surface area contributed by atoms with E-state index in [0.29, 0.717) is 11.7 Å². The number of ether oxygens (including phenoxy) is 2. The van der Waals surface area contributed by atoms with Crippen molar-refractivity contribution in [3.8, 4) is 11.8 Å². The van der Waals surface area contributed by atoms with Crippen LogP contribution in [0.2, 0.25) is 0 Å². The number of pyridine rings is 1. The summed E-state index contributed by atoms with van der Waals surface area (Å²) in [5, 5.41) is 12.4. The minimum absolute atomic E-state index is 0.00473. The topological polar surface area (TPSA) is 105 Å². The fourth-order valence-electron chi connectivity index (χ4n) is 5.11. The van der Waals surface area contributed by atoms with Gasteiger partial charge in [-0.1, -0.05) is 58.1 Å². The predicted molar refractivity (Wildman–Crippen MR) is 150 cm³/mol. The molecule has 196 valence electrons. The lowest BCUT2D eigenvalue weighted by Gasteiger charge is -2.37. The molecule has 39 heavy (non-hydrogen) atoms. The summed E-state index contributed by atoms with van der Waals surface area (Å²) in [6.45, 7) is -0.210. The highest BCUT2D eigenvalue weighted by atomic mass is 79.9. The lowest BCUT2D eigenvalue weighted by molar-refractivity contribution is -0.135. The summed E-state index contributed by atoms with van der Waals surface area (Å²) in [5.74, 6) is 7.36. The second-order valence-corrected chi connectivity index (χ2v) is 10.3. The van der Waals surface area contributed by atoms with Crippen molar-refractivity contribution in [3.05, 3.63) is 112 Å². The third-order valence-corrected chi connectivity index (χ3v) is 7.67. The van der Waals surface area contributed by atoms with Crippen LogP contribution in [0.15, 0.2) is 89.4 Å². The Morgan fingerprint density at radius 2 is 1.97 bits per heavy atom. The second-order valence-electron chi connectivity index (χ2n) is 9.46. The Balaban J connectivity index is 1.16. The van der Waals surface area contributed by atoms with Crippen LogP contribution in [0.1, 0.15) is 40.9 Å². The fraction of sp³-hybridized carbons (Fsp3) is 0.200. The summed E-state index contributed by atoms with van der Waals surface area (Å²) in [4.78, 5) is 14.9. The van der Waals surface area contributed by atoms with E-state index < -0.39 is 12.3 Å². The number of hydrazine groups is 1. The summed E-state index contributed by atoms with van der Waals surface area (Å²) in [7, 11) is 0. The first-order valence-corrected chi connectivity index (χ1v) is 13.4. The van der Waals surface area contributed by atoms with Crippen LogP contribution >= 0.6 is 15.9 Å². The summed E-state index contributed by atoms with van der Waals surface area (Å²) < 4.78 is 13.2. The van der Waals surface area contributed by atoms with E-state index in [1.54, 1.807) is 18.5 Å². The van der Waals surface area contributed by atoms with Gasteiger partial charge in [-0.3, -0.25) is 4.79 Å². The number of carboxylic acids is 1. The molecule has 0 fully saturated rings. The molecule has 0 saturated carbocycles. The number of hydrogen-bond donors (Lipinski definition) is 4. The predicted octanol–water partition coefficient (Wildman–Crippen LogP) is 5.29. The van der Waals surface area contributed by atoms with Crippen molar-refractivity contribution in [2.24, 2.45) is 5.92 Å². The number of fused-ring (bicyclic) bond motifs is 3. The number of nitrogens with one attached hydrogen (secondary N) is 3. The summed E-state index contributed by atoms with van der Waals surface area (Å²) in [6.07, 6.45) is 8.40. The third-order valence-electron chi connectivity index (χ3n) is 6.95. The maximum atomic E-state index is 10.6. The average molecular weight is 585 g/mol. The van der Waals surface area contributed by atoms with Gasteiger partial charge in [0.05, 0.1) is 6.04 Å². The van der Waals surface area contributed by atoms with E-state index in [9.17, 15) is 4.79 Å². The molecule has 1 aliphatic carbocycles. The van der Waals surface area contributed by atoms with Crippen LogP contribution in [0.25, 0.3) is 0 Å². The van der Waals surface area contributed by atoms with E-state index in [2.05, 4.69) is 73.2 Å². The molecule has 3 aliphatic rings. The second kappa shape index (κ2) is 10.8. The molecular formula is C30H25BrN4O4. The Kier molecular flexibility index (Phi) is 6.97. The van der Waals surface area contributed by atoms with Crippen LogP contribution in [0, 0.1) is 17.8 Å². The molecule has 1 aromatic heterocycles. The van der Waals surface area contributed by atoms with Crippen molar-refractivity contribution in [1.29, 1.82) is 0 Å². The minimum Gasteiger partial charge on any atom is -0.480 e. The first kappa shape index (κ1) is 25.0. The summed E-state index contributed by atoms with van der Waals surface area (Å²) in [5.41, 5.74) is 10.3. The van der Waals surface area contributed by atoms with Gasteiger partial charge in [0.15, 0.2) is 5.76 Å². The van der Waals surface area contributed by atoms with Gasteiger partial charge in [-0.25, -0.2) is 10.4 Å². The average Bonchev–Trinajstić information content (AvgIpc) is 3.63. The van der Waals surface area contributed by atoms with Gasteiger partial charge < -0.3 is 25.3 Å². The van der Waals surface area contributed by atoms with Crippen molar-refractivity contribution in [3.63, 3.8) is 0 Å². The fourth-order valence-corrected chi connectivity index (χ4v) is 5.58. The number of rotatable bonds is 6. The molecule has 4 unspecified atom stereocenters. The Morgan fingerprint density at radius 1 is 1.13 bits per heavy atom.